The van der Waals surface area contributed by atoms with E-state index >= 15 is 0 Å². The standard InChI is InChI=1S/C18H25N3O.ClH/c22-17(12-20-11-8-18(14-20)7-9-19-13-18)21-10-3-5-15-4-1-2-6-16(15)21;/h1-2,4,6,19H,3,5,7-14H2;1H. The molecule has 5 heteroatoms. The molecule has 0 aliphatic carbocycles. The number of aryl methyl sites for hydroxylation is 1. The number of halogens is 1. The first-order chi connectivity index (χ1) is 10.8. The summed E-state index contributed by atoms with van der Waals surface area (Å²) in [5.41, 5.74) is 2.90. The van der Waals surface area contributed by atoms with Crippen LogP contribution in [-0.2, 0) is 11.2 Å². The molecule has 1 aromatic carbocycles. The van der Waals surface area contributed by atoms with Crippen LogP contribution in [-0.4, -0.2) is 50.1 Å². The maximum absolute atomic E-state index is 12.8. The first-order valence-corrected chi connectivity index (χ1v) is 8.57. The fourth-order valence-corrected chi connectivity index (χ4v) is 4.38. The Balaban J connectivity index is 0.00000156. The largest absolute Gasteiger partial charge is 0.316 e. The van der Waals surface area contributed by atoms with Gasteiger partial charge in [0.2, 0.25) is 5.91 Å². The minimum Gasteiger partial charge on any atom is -0.316 e. The first kappa shape index (κ1) is 16.7. The van der Waals surface area contributed by atoms with Crippen molar-refractivity contribution in [3.8, 4) is 0 Å². The smallest absolute Gasteiger partial charge is 0.241 e. The van der Waals surface area contributed by atoms with Gasteiger partial charge in [0.05, 0.1) is 6.54 Å². The molecule has 2 saturated heterocycles. The fourth-order valence-electron chi connectivity index (χ4n) is 4.38. The Morgan fingerprint density at radius 3 is 2.91 bits per heavy atom. The third kappa shape index (κ3) is 3.25. The number of para-hydroxylation sites is 1. The van der Waals surface area contributed by atoms with Crippen molar-refractivity contribution in [2.24, 2.45) is 5.41 Å². The Kier molecular flexibility index (Phi) is 4.95. The molecule has 1 unspecified atom stereocenters. The quantitative estimate of drug-likeness (QED) is 0.898. The summed E-state index contributed by atoms with van der Waals surface area (Å²) in [4.78, 5) is 17.2. The highest BCUT2D eigenvalue weighted by Gasteiger charge is 2.41. The highest BCUT2D eigenvalue weighted by atomic mass is 35.5. The summed E-state index contributed by atoms with van der Waals surface area (Å²) in [6.07, 6.45) is 4.68. The third-order valence-corrected chi connectivity index (χ3v) is 5.62. The Morgan fingerprint density at radius 2 is 2.09 bits per heavy atom. The van der Waals surface area contributed by atoms with Crippen LogP contribution < -0.4 is 10.2 Å². The third-order valence-electron chi connectivity index (χ3n) is 5.62. The molecule has 0 bridgehead atoms. The van der Waals surface area contributed by atoms with Crippen LogP contribution in [0.15, 0.2) is 24.3 Å². The molecule has 2 fully saturated rings. The van der Waals surface area contributed by atoms with Crippen molar-refractivity contribution in [3.63, 3.8) is 0 Å². The SMILES string of the molecule is Cl.O=C(CN1CCC2(CCNC2)C1)N1CCCc2ccccc21. The van der Waals surface area contributed by atoms with Crippen LogP contribution in [0.2, 0.25) is 0 Å². The Labute approximate surface area is 144 Å². The van der Waals surface area contributed by atoms with E-state index in [1.54, 1.807) is 0 Å². The fraction of sp³-hybridized carbons (Fsp3) is 0.611. The highest BCUT2D eigenvalue weighted by Crippen LogP contribution is 2.36. The minimum atomic E-state index is 0. The molecule has 126 valence electrons. The van der Waals surface area contributed by atoms with Gasteiger partial charge in [0, 0.05) is 25.3 Å². The van der Waals surface area contributed by atoms with Crippen LogP contribution in [0.25, 0.3) is 0 Å². The van der Waals surface area contributed by atoms with Gasteiger partial charge >= 0.3 is 0 Å². The summed E-state index contributed by atoms with van der Waals surface area (Å²) in [6.45, 7) is 5.88. The average molecular weight is 336 g/mol. The van der Waals surface area contributed by atoms with Gasteiger partial charge in [-0.15, -0.1) is 12.4 Å². The van der Waals surface area contributed by atoms with E-state index in [2.05, 4.69) is 28.4 Å². The zero-order chi connectivity index (χ0) is 15.0. The van der Waals surface area contributed by atoms with E-state index in [0.29, 0.717) is 12.0 Å². The molecule has 0 aromatic heterocycles. The normalized spacial score (nSPS) is 27.0. The first-order valence-electron chi connectivity index (χ1n) is 8.57. The number of carbonyl (C=O) groups excluding carboxylic acids is 1. The van der Waals surface area contributed by atoms with Gasteiger partial charge in [0.1, 0.15) is 0 Å². The van der Waals surface area contributed by atoms with Gasteiger partial charge in [0.25, 0.3) is 0 Å². The number of amides is 1. The van der Waals surface area contributed by atoms with Crippen molar-refractivity contribution in [2.75, 3.05) is 44.2 Å². The number of nitrogens with zero attached hydrogens (tertiary/aromatic N) is 2. The van der Waals surface area contributed by atoms with Crippen LogP contribution in [0, 0.1) is 5.41 Å². The predicted molar refractivity (Wildman–Crippen MR) is 95.3 cm³/mol. The minimum absolute atomic E-state index is 0. The number of hydrogen-bond donors (Lipinski definition) is 1. The summed E-state index contributed by atoms with van der Waals surface area (Å²) >= 11 is 0. The van der Waals surface area contributed by atoms with Crippen molar-refractivity contribution in [2.45, 2.75) is 25.7 Å². The number of rotatable bonds is 2. The number of benzene rings is 1. The maximum Gasteiger partial charge on any atom is 0.241 e. The lowest BCUT2D eigenvalue weighted by atomic mass is 9.87. The number of nitrogens with one attached hydrogen (secondary N) is 1. The number of hydrogen-bond acceptors (Lipinski definition) is 3. The summed E-state index contributed by atoms with van der Waals surface area (Å²) in [5, 5.41) is 3.48. The van der Waals surface area contributed by atoms with E-state index in [-0.39, 0.29) is 18.3 Å². The molecule has 3 aliphatic heterocycles. The van der Waals surface area contributed by atoms with Crippen molar-refractivity contribution >= 4 is 24.0 Å². The molecule has 1 amide bonds. The highest BCUT2D eigenvalue weighted by molar-refractivity contribution is 5.96. The average Bonchev–Trinajstić information content (AvgIpc) is 3.17. The lowest BCUT2D eigenvalue weighted by Gasteiger charge is -2.31. The Morgan fingerprint density at radius 1 is 1.22 bits per heavy atom. The molecule has 4 nitrogen and oxygen atoms in total. The topological polar surface area (TPSA) is 35.6 Å². The molecule has 3 heterocycles. The van der Waals surface area contributed by atoms with Gasteiger partial charge in [-0.25, -0.2) is 0 Å². The summed E-state index contributed by atoms with van der Waals surface area (Å²) in [6, 6.07) is 8.37. The maximum atomic E-state index is 12.8. The van der Waals surface area contributed by atoms with Gasteiger partial charge in [-0.2, -0.15) is 0 Å². The summed E-state index contributed by atoms with van der Waals surface area (Å²) in [7, 11) is 0. The van der Waals surface area contributed by atoms with Crippen LogP contribution in [0.5, 0.6) is 0 Å². The monoisotopic (exact) mass is 335 g/mol. The van der Waals surface area contributed by atoms with E-state index in [1.807, 2.05) is 11.0 Å². The lowest BCUT2D eigenvalue weighted by molar-refractivity contribution is -0.119. The summed E-state index contributed by atoms with van der Waals surface area (Å²) < 4.78 is 0. The number of fused-ring (bicyclic) bond motifs is 1. The number of anilines is 1. The molecule has 0 saturated carbocycles. The molecule has 4 rings (SSSR count). The number of likely N-dealkylation sites (tertiary alicyclic amines) is 1. The van der Waals surface area contributed by atoms with E-state index in [4.69, 9.17) is 0 Å². The van der Waals surface area contributed by atoms with E-state index < -0.39 is 0 Å². The molecule has 1 spiro atoms. The van der Waals surface area contributed by atoms with Gasteiger partial charge < -0.3 is 10.2 Å². The number of carbonyl (C=O) groups is 1. The second-order valence-electron chi connectivity index (χ2n) is 7.17. The molecule has 1 aromatic rings. The van der Waals surface area contributed by atoms with Crippen molar-refractivity contribution in [3.05, 3.63) is 29.8 Å². The van der Waals surface area contributed by atoms with E-state index in [9.17, 15) is 4.79 Å². The van der Waals surface area contributed by atoms with Gasteiger partial charge in [-0.3, -0.25) is 9.69 Å². The zero-order valence-electron chi connectivity index (χ0n) is 13.6. The molecule has 1 atom stereocenters. The molecule has 3 aliphatic rings. The van der Waals surface area contributed by atoms with Crippen LogP contribution in [0.3, 0.4) is 0 Å². The predicted octanol–water partition coefficient (Wildman–Crippen LogP) is 2.07. The second-order valence-corrected chi connectivity index (χ2v) is 7.17. The van der Waals surface area contributed by atoms with Crippen LogP contribution in [0.1, 0.15) is 24.8 Å². The van der Waals surface area contributed by atoms with Gasteiger partial charge in [0.15, 0.2) is 0 Å². The molecule has 23 heavy (non-hydrogen) atoms. The summed E-state index contributed by atoms with van der Waals surface area (Å²) in [5.74, 6) is 0.273. The zero-order valence-corrected chi connectivity index (χ0v) is 14.4. The molecular weight excluding hydrogens is 310 g/mol. The Bertz CT molecular complexity index is 571. The van der Waals surface area contributed by atoms with Gasteiger partial charge in [-0.1, -0.05) is 18.2 Å². The lowest BCUT2D eigenvalue weighted by Crippen LogP contribution is -2.42. The Hall–Kier alpha value is -1.10. The van der Waals surface area contributed by atoms with Crippen LogP contribution in [0.4, 0.5) is 5.69 Å². The molecular formula is C18H26ClN3O. The van der Waals surface area contributed by atoms with E-state index in [1.165, 1.54) is 18.4 Å². The van der Waals surface area contributed by atoms with Crippen molar-refractivity contribution in [1.29, 1.82) is 0 Å². The molecule has 1 N–H and O–H groups in total. The second kappa shape index (κ2) is 6.80. The molecule has 0 radical (unpaired) electrons. The van der Waals surface area contributed by atoms with Gasteiger partial charge in [-0.05, 0) is 55.8 Å². The van der Waals surface area contributed by atoms with E-state index in [0.717, 1.165) is 51.3 Å². The van der Waals surface area contributed by atoms with Crippen molar-refractivity contribution < 1.29 is 4.79 Å². The van der Waals surface area contributed by atoms with Crippen molar-refractivity contribution in [1.82, 2.24) is 10.2 Å². The van der Waals surface area contributed by atoms with Crippen LogP contribution >= 0.6 is 12.4 Å².